The highest BCUT2D eigenvalue weighted by atomic mass is 19.4. The van der Waals surface area contributed by atoms with Crippen molar-refractivity contribution in [2.45, 2.75) is 38.3 Å². The number of unbranched alkanes of at least 4 members (excludes halogenated alkanes) is 1. The van der Waals surface area contributed by atoms with Crippen LogP contribution in [0.3, 0.4) is 0 Å². The third-order valence-electron chi connectivity index (χ3n) is 4.57. The molecule has 24 heavy (non-hydrogen) atoms. The highest BCUT2D eigenvalue weighted by molar-refractivity contribution is 5.78. The van der Waals surface area contributed by atoms with E-state index in [-0.39, 0.29) is 11.8 Å². The summed E-state index contributed by atoms with van der Waals surface area (Å²) in [6.07, 6.45) is 0.0978. The fourth-order valence-electron chi connectivity index (χ4n) is 3.24. The zero-order chi connectivity index (χ0) is 17.6. The van der Waals surface area contributed by atoms with Crippen LogP contribution in [-0.4, -0.2) is 37.5 Å². The fourth-order valence-corrected chi connectivity index (χ4v) is 3.24. The molecule has 0 unspecified atom stereocenters. The number of hydrogen-bond donors (Lipinski definition) is 1. The smallest absolute Gasteiger partial charge is 0.359 e. The molecule has 0 bridgehead atoms. The number of carbonyl (C=O) groups is 1. The predicted octanol–water partition coefficient (Wildman–Crippen LogP) is 3.49. The zero-order valence-corrected chi connectivity index (χ0v) is 14.0. The van der Waals surface area contributed by atoms with E-state index in [0.29, 0.717) is 6.42 Å². The van der Waals surface area contributed by atoms with Crippen molar-refractivity contribution in [3.63, 3.8) is 0 Å². The van der Waals surface area contributed by atoms with E-state index in [0.717, 1.165) is 56.9 Å². The second kappa shape index (κ2) is 8.51. The Morgan fingerprint density at radius 2 is 2.12 bits per heavy atom. The molecule has 0 radical (unpaired) electrons. The lowest BCUT2D eigenvalue weighted by atomic mass is 9.97. The first-order valence-corrected chi connectivity index (χ1v) is 8.50. The van der Waals surface area contributed by atoms with Gasteiger partial charge in [0.15, 0.2) is 0 Å². The number of nitrogens with one attached hydrogen (secondary N) is 1. The highest BCUT2D eigenvalue weighted by Gasteiger charge is 2.30. The maximum atomic E-state index is 12.7. The summed E-state index contributed by atoms with van der Waals surface area (Å²) >= 11 is 0. The maximum Gasteiger partial charge on any atom is 0.416 e. The molecule has 1 aromatic carbocycles. The number of carbonyl (C=O) groups excluding carboxylic acids is 1. The molecular formula is C18H25F3N2O. The van der Waals surface area contributed by atoms with Crippen LogP contribution in [0, 0.1) is 5.92 Å². The predicted molar refractivity (Wildman–Crippen MR) is 87.6 cm³/mol. The lowest BCUT2D eigenvalue weighted by Gasteiger charge is -2.31. The van der Waals surface area contributed by atoms with Crippen LogP contribution in [0.25, 0.3) is 0 Å². The number of halogens is 3. The molecule has 1 heterocycles. The SMILES string of the molecule is CNC(=O)[C@H]1CCCN(CCCCc2cccc(C(F)(F)F)c2)C1. The van der Waals surface area contributed by atoms with Gasteiger partial charge in [0.25, 0.3) is 0 Å². The molecule has 1 aliphatic rings. The minimum atomic E-state index is -4.28. The van der Waals surface area contributed by atoms with Crippen molar-refractivity contribution in [3.8, 4) is 0 Å². The topological polar surface area (TPSA) is 32.3 Å². The minimum Gasteiger partial charge on any atom is -0.359 e. The number of rotatable bonds is 6. The molecule has 1 aromatic rings. The standard InChI is InChI=1S/C18H25F3N2O/c1-22-17(24)15-8-5-11-23(13-15)10-3-2-6-14-7-4-9-16(12-14)18(19,20)21/h4,7,9,12,15H,2-3,5-6,8,10-11,13H2,1H3,(H,22,24)/t15-/m0/s1. The molecule has 0 spiro atoms. The Bertz CT molecular complexity index is 545. The van der Waals surface area contributed by atoms with E-state index in [1.54, 1.807) is 13.1 Å². The number of likely N-dealkylation sites (tertiary alicyclic amines) is 1. The van der Waals surface area contributed by atoms with Gasteiger partial charge in [0.1, 0.15) is 0 Å². The monoisotopic (exact) mass is 342 g/mol. The van der Waals surface area contributed by atoms with Gasteiger partial charge in [-0.1, -0.05) is 18.2 Å². The van der Waals surface area contributed by atoms with E-state index in [1.807, 2.05) is 0 Å². The van der Waals surface area contributed by atoms with Gasteiger partial charge in [-0.3, -0.25) is 4.79 Å². The number of hydrogen-bond acceptors (Lipinski definition) is 2. The van der Waals surface area contributed by atoms with Gasteiger partial charge in [-0.05, 0) is 56.8 Å². The Morgan fingerprint density at radius 3 is 2.83 bits per heavy atom. The van der Waals surface area contributed by atoms with E-state index < -0.39 is 11.7 Å². The van der Waals surface area contributed by atoms with Gasteiger partial charge < -0.3 is 10.2 Å². The summed E-state index contributed by atoms with van der Waals surface area (Å²) in [5.74, 6) is 0.163. The second-order valence-electron chi connectivity index (χ2n) is 6.41. The Balaban J connectivity index is 1.74. The van der Waals surface area contributed by atoms with Crippen LogP contribution in [0.4, 0.5) is 13.2 Å². The largest absolute Gasteiger partial charge is 0.416 e. The number of nitrogens with zero attached hydrogens (tertiary/aromatic N) is 1. The third kappa shape index (κ3) is 5.51. The van der Waals surface area contributed by atoms with Crippen LogP contribution >= 0.6 is 0 Å². The molecule has 1 fully saturated rings. The van der Waals surface area contributed by atoms with Gasteiger partial charge in [-0.2, -0.15) is 13.2 Å². The van der Waals surface area contributed by atoms with Gasteiger partial charge >= 0.3 is 6.18 Å². The summed E-state index contributed by atoms with van der Waals surface area (Å²) < 4.78 is 38.1. The van der Waals surface area contributed by atoms with Crippen LogP contribution < -0.4 is 5.32 Å². The molecule has 1 saturated heterocycles. The molecule has 1 amide bonds. The fraction of sp³-hybridized carbons (Fsp3) is 0.611. The summed E-state index contributed by atoms with van der Waals surface area (Å²) in [4.78, 5) is 14.0. The number of alkyl halides is 3. The van der Waals surface area contributed by atoms with E-state index in [1.165, 1.54) is 12.1 Å². The molecule has 134 valence electrons. The Kier molecular flexibility index (Phi) is 6.66. The van der Waals surface area contributed by atoms with E-state index >= 15 is 0 Å². The normalized spacial score (nSPS) is 19.2. The summed E-state index contributed by atoms with van der Waals surface area (Å²) in [5.41, 5.74) is 0.149. The molecule has 0 aliphatic carbocycles. The molecule has 3 nitrogen and oxygen atoms in total. The van der Waals surface area contributed by atoms with E-state index in [4.69, 9.17) is 0 Å². The van der Waals surface area contributed by atoms with Crippen LogP contribution in [0.1, 0.15) is 36.8 Å². The minimum absolute atomic E-state index is 0.0622. The molecule has 1 N–H and O–H groups in total. The Morgan fingerprint density at radius 1 is 1.33 bits per heavy atom. The molecular weight excluding hydrogens is 317 g/mol. The van der Waals surface area contributed by atoms with Gasteiger partial charge in [0.2, 0.25) is 5.91 Å². The van der Waals surface area contributed by atoms with Crippen molar-refractivity contribution in [3.05, 3.63) is 35.4 Å². The lowest BCUT2D eigenvalue weighted by Crippen LogP contribution is -2.42. The van der Waals surface area contributed by atoms with Gasteiger partial charge in [0.05, 0.1) is 11.5 Å². The summed E-state index contributed by atoms with van der Waals surface area (Å²) in [6, 6.07) is 5.56. The van der Waals surface area contributed by atoms with Crippen LogP contribution in [0.15, 0.2) is 24.3 Å². The lowest BCUT2D eigenvalue weighted by molar-refractivity contribution is -0.137. The van der Waals surface area contributed by atoms with Gasteiger partial charge in [-0.25, -0.2) is 0 Å². The summed E-state index contributed by atoms with van der Waals surface area (Å²) in [6.45, 7) is 2.67. The Hall–Kier alpha value is -1.56. The maximum absolute atomic E-state index is 12.7. The van der Waals surface area contributed by atoms with Crippen molar-refractivity contribution in [1.82, 2.24) is 10.2 Å². The van der Waals surface area contributed by atoms with Crippen molar-refractivity contribution in [2.24, 2.45) is 5.92 Å². The average molecular weight is 342 g/mol. The number of amides is 1. The third-order valence-corrected chi connectivity index (χ3v) is 4.57. The zero-order valence-electron chi connectivity index (χ0n) is 14.0. The van der Waals surface area contributed by atoms with Crippen molar-refractivity contribution >= 4 is 5.91 Å². The Labute approximate surface area is 141 Å². The first-order chi connectivity index (χ1) is 11.4. The molecule has 2 rings (SSSR count). The van der Waals surface area contributed by atoms with Crippen LogP contribution in [-0.2, 0) is 17.4 Å². The second-order valence-corrected chi connectivity index (χ2v) is 6.41. The number of piperidine rings is 1. The summed E-state index contributed by atoms with van der Waals surface area (Å²) in [5, 5.41) is 2.70. The molecule has 0 aromatic heterocycles. The average Bonchev–Trinajstić information content (AvgIpc) is 2.58. The van der Waals surface area contributed by atoms with Crippen LogP contribution in [0.2, 0.25) is 0 Å². The first-order valence-electron chi connectivity index (χ1n) is 8.50. The first kappa shape index (κ1) is 18.8. The van der Waals surface area contributed by atoms with Gasteiger partial charge in [0, 0.05) is 13.6 Å². The van der Waals surface area contributed by atoms with Gasteiger partial charge in [-0.15, -0.1) is 0 Å². The number of aryl methyl sites for hydroxylation is 1. The van der Waals surface area contributed by atoms with E-state index in [2.05, 4.69) is 10.2 Å². The molecule has 1 atom stereocenters. The van der Waals surface area contributed by atoms with E-state index in [9.17, 15) is 18.0 Å². The quantitative estimate of drug-likeness (QED) is 0.803. The molecule has 0 saturated carbocycles. The molecule has 1 aliphatic heterocycles. The number of benzene rings is 1. The van der Waals surface area contributed by atoms with Crippen LogP contribution in [0.5, 0.6) is 0 Å². The van der Waals surface area contributed by atoms with Crippen molar-refractivity contribution < 1.29 is 18.0 Å². The summed E-state index contributed by atoms with van der Waals surface area (Å²) in [7, 11) is 1.66. The van der Waals surface area contributed by atoms with Crippen molar-refractivity contribution in [1.29, 1.82) is 0 Å². The van der Waals surface area contributed by atoms with Crippen molar-refractivity contribution in [2.75, 3.05) is 26.7 Å². The molecule has 6 heteroatoms. The highest BCUT2D eigenvalue weighted by Crippen LogP contribution is 2.29.